The molecule has 0 atom stereocenters. The first-order chi connectivity index (χ1) is 9.33. The van der Waals surface area contributed by atoms with Crippen molar-refractivity contribution in [2.24, 2.45) is 5.92 Å². The van der Waals surface area contributed by atoms with Crippen molar-refractivity contribution >= 4 is 16.6 Å². The molecule has 1 aromatic carbocycles. The lowest BCUT2D eigenvalue weighted by Gasteiger charge is -2.23. The summed E-state index contributed by atoms with van der Waals surface area (Å²) < 4.78 is 0. The van der Waals surface area contributed by atoms with E-state index in [0.29, 0.717) is 0 Å². The Balaban J connectivity index is 1.78. The first kappa shape index (κ1) is 12.4. The molecule has 3 heteroatoms. The van der Waals surface area contributed by atoms with Crippen LogP contribution in [0.25, 0.3) is 10.8 Å². The summed E-state index contributed by atoms with van der Waals surface area (Å²) in [7, 11) is 0. The lowest BCUT2D eigenvalue weighted by molar-refractivity contribution is 0.389. The van der Waals surface area contributed by atoms with E-state index in [1.54, 1.807) is 0 Å². The Bertz CT molecular complexity index is 559. The molecule has 100 valence electrons. The van der Waals surface area contributed by atoms with Gasteiger partial charge in [0.2, 0.25) is 0 Å². The topological polar surface area (TPSA) is 37.0 Å². The van der Waals surface area contributed by atoms with Gasteiger partial charge in [-0.25, -0.2) is 4.98 Å². The van der Waals surface area contributed by atoms with Crippen LogP contribution < -0.4 is 10.6 Å². The van der Waals surface area contributed by atoms with Gasteiger partial charge in [-0.3, -0.25) is 0 Å². The minimum atomic E-state index is 0.767. The molecule has 2 aromatic rings. The summed E-state index contributed by atoms with van der Waals surface area (Å²) in [6.45, 7) is 5.45. The maximum Gasteiger partial charge on any atom is 0.133 e. The van der Waals surface area contributed by atoms with Crippen LogP contribution in [0, 0.1) is 12.8 Å². The summed E-state index contributed by atoms with van der Waals surface area (Å²) in [6, 6.07) is 8.61. The number of nitrogens with one attached hydrogen (secondary N) is 2. The van der Waals surface area contributed by atoms with Gasteiger partial charge in [-0.05, 0) is 56.3 Å². The van der Waals surface area contributed by atoms with Gasteiger partial charge in [0.1, 0.15) is 5.82 Å². The minimum Gasteiger partial charge on any atom is -0.369 e. The van der Waals surface area contributed by atoms with Crippen LogP contribution in [0.4, 0.5) is 5.82 Å². The molecule has 3 nitrogen and oxygen atoms in total. The van der Waals surface area contributed by atoms with Crippen molar-refractivity contribution in [3.8, 4) is 0 Å². The van der Waals surface area contributed by atoms with Crippen LogP contribution in [0.3, 0.4) is 0 Å². The largest absolute Gasteiger partial charge is 0.369 e. The third-order valence-electron chi connectivity index (χ3n) is 3.94. The number of benzene rings is 1. The number of aryl methyl sites for hydroxylation is 1. The van der Waals surface area contributed by atoms with E-state index in [9.17, 15) is 0 Å². The Labute approximate surface area is 114 Å². The van der Waals surface area contributed by atoms with Gasteiger partial charge in [0.15, 0.2) is 0 Å². The highest BCUT2D eigenvalue weighted by molar-refractivity contribution is 5.92. The SMILES string of the molecule is Cc1ccc2ccnc(NCC3CCNCC3)c2c1. The Kier molecular flexibility index (Phi) is 3.65. The summed E-state index contributed by atoms with van der Waals surface area (Å²) in [5.41, 5.74) is 1.28. The predicted octanol–water partition coefficient (Wildman–Crippen LogP) is 2.95. The zero-order valence-electron chi connectivity index (χ0n) is 11.4. The number of hydrogen-bond acceptors (Lipinski definition) is 3. The molecular weight excluding hydrogens is 234 g/mol. The van der Waals surface area contributed by atoms with Gasteiger partial charge in [-0.1, -0.05) is 17.7 Å². The molecule has 0 unspecified atom stereocenters. The van der Waals surface area contributed by atoms with Crippen molar-refractivity contribution < 1.29 is 0 Å². The maximum atomic E-state index is 4.51. The van der Waals surface area contributed by atoms with Crippen molar-refractivity contribution in [2.75, 3.05) is 25.0 Å². The summed E-state index contributed by atoms with van der Waals surface area (Å²) in [4.78, 5) is 4.51. The summed E-state index contributed by atoms with van der Waals surface area (Å²) in [5, 5.41) is 9.44. The molecule has 19 heavy (non-hydrogen) atoms. The van der Waals surface area contributed by atoms with E-state index in [1.807, 2.05) is 6.20 Å². The Morgan fingerprint density at radius 3 is 2.95 bits per heavy atom. The Morgan fingerprint density at radius 1 is 1.26 bits per heavy atom. The maximum absolute atomic E-state index is 4.51. The van der Waals surface area contributed by atoms with Gasteiger partial charge >= 0.3 is 0 Å². The fraction of sp³-hybridized carbons (Fsp3) is 0.438. The molecule has 2 heterocycles. The van der Waals surface area contributed by atoms with Crippen LogP contribution in [0.2, 0.25) is 0 Å². The second kappa shape index (κ2) is 5.57. The zero-order valence-corrected chi connectivity index (χ0v) is 11.4. The van der Waals surface area contributed by atoms with E-state index in [2.05, 4.69) is 46.8 Å². The molecule has 2 N–H and O–H groups in total. The summed E-state index contributed by atoms with van der Waals surface area (Å²) >= 11 is 0. The van der Waals surface area contributed by atoms with Gasteiger partial charge < -0.3 is 10.6 Å². The molecule has 1 aromatic heterocycles. The van der Waals surface area contributed by atoms with Crippen LogP contribution in [0.5, 0.6) is 0 Å². The van der Waals surface area contributed by atoms with Gasteiger partial charge in [-0.2, -0.15) is 0 Å². The minimum absolute atomic E-state index is 0.767. The van der Waals surface area contributed by atoms with Crippen molar-refractivity contribution in [2.45, 2.75) is 19.8 Å². The van der Waals surface area contributed by atoms with Gasteiger partial charge in [0.25, 0.3) is 0 Å². The third-order valence-corrected chi connectivity index (χ3v) is 3.94. The fourth-order valence-corrected chi connectivity index (χ4v) is 2.75. The molecule has 1 aliphatic rings. The van der Waals surface area contributed by atoms with E-state index >= 15 is 0 Å². The van der Waals surface area contributed by atoms with Crippen molar-refractivity contribution in [3.63, 3.8) is 0 Å². The van der Waals surface area contributed by atoms with Gasteiger partial charge in [0.05, 0.1) is 0 Å². The first-order valence-electron chi connectivity index (χ1n) is 7.13. The van der Waals surface area contributed by atoms with Gasteiger partial charge in [0, 0.05) is 18.1 Å². The van der Waals surface area contributed by atoms with E-state index in [4.69, 9.17) is 0 Å². The zero-order chi connectivity index (χ0) is 13.1. The monoisotopic (exact) mass is 255 g/mol. The Hall–Kier alpha value is -1.61. The van der Waals surface area contributed by atoms with Crippen molar-refractivity contribution in [1.29, 1.82) is 0 Å². The number of anilines is 1. The van der Waals surface area contributed by atoms with E-state index in [0.717, 1.165) is 31.4 Å². The molecule has 1 fully saturated rings. The summed E-state index contributed by atoms with van der Waals surface area (Å²) in [6.07, 6.45) is 4.41. The van der Waals surface area contributed by atoms with Crippen LogP contribution in [0.15, 0.2) is 30.5 Å². The van der Waals surface area contributed by atoms with Crippen LogP contribution in [-0.2, 0) is 0 Å². The number of pyridine rings is 1. The molecule has 0 amide bonds. The fourth-order valence-electron chi connectivity index (χ4n) is 2.75. The van der Waals surface area contributed by atoms with Crippen LogP contribution in [-0.4, -0.2) is 24.6 Å². The lowest BCUT2D eigenvalue weighted by Crippen LogP contribution is -2.31. The molecule has 0 saturated carbocycles. The van der Waals surface area contributed by atoms with Crippen molar-refractivity contribution in [1.82, 2.24) is 10.3 Å². The number of piperidine rings is 1. The van der Waals surface area contributed by atoms with Gasteiger partial charge in [-0.15, -0.1) is 0 Å². The highest BCUT2D eigenvalue weighted by Crippen LogP contribution is 2.23. The van der Waals surface area contributed by atoms with Crippen LogP contribution >= 0.6 is 0 Å². The lowest BCUT2D eigenvalue weighted by atomic mass is 9.98. The summed E-state index contributed by atoms with van der Waals surface area (Å²) in [5.74, 6) is 1.79. The second-order valence-electron chi connectivity index (χ2n) is 5.46. The molecular formula is C16H21N3. The van der Waals surface area contributed by atoms with Crippen molar-refractivity contribution in [3.05, 3.63) is 36.0 Å². The van der Waals surface area contributed by atoms with E-state index in [-0.39, 0.29) is 0 Å². The number of hydrogen-bond donors (Lipinski definition) is 2. The second-order valence-corrected chi connectivity index (χ2v) is 5.46. The quantitative estimate of drug-likeness (QED) is 0.885. The molecule has 0 radical (unpaired) electrons. The molecule has 1 saturated heterocycles. The predicted molar refractivity (Wildman–Crippen MR) is 80.6 cm³/mol. The van der Waals surface area contributed by atoms with Crippen LogP contribution in [0.1, 0.15) is 18.4 Å². The van der Waals surface area contributed by atoms with E-state index in [1.165, 1.54) is 29.2 Å². The molecule has 3 rings (SSSR count). The standard InChI is InChI=1S/C16H21N3/c1-12-2-3-14-6-9-18-16(15(14)10-12)19-11-13-4-7-17-8-5-13/h2-3,6,9-10,13,17H,4-5,7-8,11H2,1H3,(H,18,19). The number of rotatable bonds is 3. The highest BCUT2D eigenvalue weighted by atomic mass is 15.0. The number of nitrogens with zero attached hydrogens (tertiary/aromatic N) is 1. The molecule has 0 spiro atoms. The molecule has 0 aliphatic carbocycles. The molecule has 0 bridgehead atoms. The molecule has 1 aliphatic heterocycles. The number of aromatic nitrogens is 1. The Morgan fingerprint density at radius 2 is 2.11 bits per heavy atom. The average molecular weight is 255 g/mol. The normalized spacial score (nSPS) is 16.7. The number of fused-ring (bicyclic) bond motifs is 1. The highest BCUT2D eigenvalue weighted by Gasteiger charge is 2.13. The smallest absolute Gasteiger partial charge is 0.133 e. The third kappa shape index (κ3) is 2.87. The average Bonchev–Trinajstić information content (AvgIpc) is 2.46. The van der Waals surface area contributed by atoms with E-state index < -0.39 is 0 Å². The first-order valence-corrected chi connectivity index (χ1v) is 7.13.